The largest absolute Gasteiger partial charge is 0.573 e. The van der Waals surface area contributed by atoms with Gasteiger partial charge in [-0.2, -0.15) is 0 Å². The van der Waals surface area contributed by atoms with Crippen LogP contribution in [-0.4, -0.2) is 29.3 Å². The third-order valence-corrected chi connectivity index (χ3v) is 3.84. The second-order valence-corrected chi connectivity index (χ2v) is 5.84. The smallest absolute Gasteiger partial charge is 0.406 e. The highest BCUT2D eigenvalue weighted by Crippen LogP contribution is 2.30. The van der Waals surface area contributed by atoms with Crippen LogP contribution in [-0.2, 0) is 0 Å². The maximum atomic E-state index is 12.3. The lowest BCUT2D eigenvalue weighted by molar-refractivity contribution is -0.274. The van der Waals surface area contributed by atoms with E-state index in [1.807, 2.05) is 0 Å². The van der Waals surface area contributed by atoms with Gasteiger partial charge in [0.2, 0.25) is 11.9 Å². The van der Waals surface area contributed by atoms with Crippen molar-refractivity contribution >= 4 is 23.2 Å². The molecule has 1 amide bonds. The fraction of sp³-hybridized carbons (Fsp3) is 0.105. The molecule has 150 valence electrons. The second-order valence-electron chi connectivity index (χ2n) is 5.84. The van der Waals surface area contributed by atoms with Crippen LogP contribution in [0.4, 0.5) is 30.5 Å². The molecule has 0 aliphatic heterocycles. The highest BCUT2D eigenvalue weighted by molar-refractivity contribution is 5.93. The van der Waals surface area contributed by atoms with Crippen molar-refractivity contribution in [2.24, 2.45) is 5.73 Å². The number of alkyl halides is 3. The summed E-state index contributed by atoms with van der Waals surface area (Å²) in [7, 11) is 1.68. The zero-order valence-corrected chi connectivity index (χ0v) is 15.1. The molecule has 0 aliphatic rings. The Morgan fingerprint density at radius 1 is 1.07 bits per heavy atom. The number of hydrogen-bond acceptors (Lipinski definition) is 6. The Balaban J connectivity index is 1.86. The molecule has 0 fully saturated rings. The molecule has 1 aromatic heterocycles. The van der Waals surface area contributed by atoms with E-state index in [-0.39, 0.29) is 11.7 Å². The number of carbonyl (C=O) groups is 1. The number of nitrogens with zero attached hydrogens (tertiary/aromatic N) is 2. The molecule has 10 heteroatoms. The Hall–Kier alpha value is -3.82. The fourth-order valence-corrected chi connectivity index (χ4v) is 2.51. The first-order chi connectivity index (χ1) is 13.7. The van der Waals surface area contributed by atoms with Crippen molar-refractivity contribution in [3.63, 3.8) is 0 Å². The van der Waals surface area contributed by atoms with Gasteiger partial charge in [0.15, 0.2) is 0 Å². The monoisotopic (exact) mass is 403 g/mol. The van der Waals surface area contributed by atoms with Crippen LogP contribution in [0.25, 0.3) is 11.3 Å². The molecule has 0 bridgehead atoms. The predicted molar refractivity (Wildman–Crippen MR) is 102 cm³/mol. The maximum absolute atomic E-state index is 12.3. The molecule has 0 aliphatic carbocycles. The van der Waals surface area contributed by atoms with E-state index >= 15 is 0 Å². The molecule has 7 nitrogen and oxygen atoms in total. The summed E-state index contributed by atoms with van der Waals surface area (Å²) >= 11 is 0. The molecule has 0 atom stereocenters. The van der Waals surface area contributed by atoms with Gasteiger partial charge in [-0.3, -0.25) is 4.79 Å². The summed E-state index contributed by atoms with van der Waals surface area (Å²) in [6.07, 6.45) is -3.21. The Kier molecular flexibility index (Phi) is 5.53. The molecule has 0 saturated carbocycles. The van der Waals surface area contributed by atoms with Crippen LogP contribution < -0.4 is 21.1 Å². The number of anilines is 3. The molecular formula is C19H16F3N5O2. The van der Waals surface area contributed by atoms with Crippen LogP contribution in [0.1, 0.15) is 10.4 Å². The maximum Gasteiger partial charge on any atom is 0.573 e. The van der Waals surface area contributed by atoms with Gasteiger partial charge in [0.1, 0.15) is 5.75 Å². The molecular weight excluding hydrogens is 387 g/mol. The van der Waals surface area contributed by atoms with Gasteiger partial charge in [0.05, 0.1) is 17.6 Å². The fourth-order valence-electron chi connectivity index (χ4n) is 2.51. The van der Waals surface area contributed by atoms with Gasteiger partial charge in [0, 0.05) is 23.9 Å². The van der Waals surface area contributed by atoms with E-state index < -0.39 is 12.3 Å². The van der Waals surface area contributed by atoms with E-state index in [4.69, 9.17) is 5.73 Å². The van der Waals surface area contributed by atoms with Crippen molar-refractivity contribution in [2.75, 3.05) is 17.7 Å². The molecule has 4 N–H and O–H groups in total. The van der Waals surface area contributed by atoms with Gasteiger partial charge in [-0.05, 0) is 48.5 Å². The minimum atomic E-state index is -4.76. The van der Waals surface area contributed by atoms with E-state index in [0.29, 0.717) is 28.2 Å². The quantitative estimate of drug-likeness (QED) is 0.577. The van der Waals surface area contributed by atoms with E-state index in [1.165, 1.54) is 24.3 Å². The summed E-state index contributed by atoms with van der Waals surface area (Å²) in [6.45, 7) is 0. The van der Waals surface area contributed by atoms with Gasteiger partial charge in [-0.1, -0.05) is 0 Å². The van der Waals surface area contributed by atoms with Crippen molar-refractivity contribution in [1.82, 2.24) is 9.97 Å². The normalized spacial score (nSPS) is 11.0. The molecule has 0 spiro atoms. The number of rotatable bonds is 6. The van der Waals surface area contributed by atoms with Gasteiger partial charge < -0.3 is 21.1 Å². The van der Waals surface area contributed by atoms with E-state index in [0.717, 1.165) is 0 Å². The minimum Gasteiger partial charge on any atom is -0.406 e. The number of halogens is 3. The van der Waals surface area contributed by atoms with Gasteiger partial charge >= 0.3 is 6.36 Å². The van der Waals surface area contributed by atoms with Gasteiger partial charge in [-0.25, -0.2) is 9.97 Å². The molecule has 1 heterocycles. The predicted octanol–water partition coefficient (Wildman–Crippen LogP) is 3.93. The Morgan fingerprint density at radius 2 is 1.72 bits per heavy atom. The lowest BCUT2D eigenvalue weighted by Crippen LogP contribution is -2.16. The molecule has 0 radical (unpaired) electrons. The van der Waals surface area contributed by atoms with Crippen LogP contribution in [0.3, 0.4) is 0 Å². The summed E-state index contributed by atoms with van der Waals surface area (Å²) in [5.74, 6) is -0.595. The summed E-state index contributed by atoms with van der Waals surface area (Å²) < 4.78 is 40.9. The van der Waals surface area contributed by atoms with Crippen LogP contribution in [0, 0.1) is 0 Å². The standard InChI is InChI=1S/C19H16F3N5O2/c1-24-15-10-25-18(26-13-6-2-12(3-7-13)17(23)28)27-16(15)11-4-8-14(9-5-11)29-19(20,21)22/h2-10,24H,1H3,(H2,23,28)(H,25,26,27). The zero-order chi connectivity index (χ0) is 21.0. The van der Waals surface area contributed by atoms with Crippen molar-refractivity contribution in [1.29, 1.82) is 0 Å². The number of primary amides is 1. The number of ether oxygens (including phenoxy) is 1. The summed E-state index contributed by atoms with van der Waals surface area (Å²) in [6, 6.07) is 11.8. The first-order valence-electron chi connectivity index (χ1n) is 8.33. The Bertz CT molecular complexity index is 1010. The lowest BCUT2D eigenvalue weighted by Gasteiger charge is -2.12. The third kappa shape index (κ3) is 5.12. The number of amides is 1. The first kappa shape index (κ1) is 19.9. The van der Waals surface area contributed by atoms with E-state index in [2.05, 4.69) is 25.3 Å². The second kappa shape index (κ2) is 8.05. The average molecular weight is 403 g/mol. The van der Waals surface area contributed by atoms with Crippen LogP contribution in [0.5, 0.6) is 5.75 Å². The van der Waals surface area contributed by atoms with Crippen LogP contribution in [0.2, 0.25) is 0 Å². The number of aromatic nitrogens is 2. The van der Waals surface area contributed by atoms with Crippen molar-refractivity contribution in [2.45, 2.75) is 6.36 Å². The topological polar surface area (TPSA) is 102 Å². The molecule has 0 saturated heterocycles. The summed E-state index contributed by atoms with van der Waals surface area (Å²) in [5, 5.41) is 5.94. The molecule has 3 aromatic rings. The summed E-state index contributed by atoms with van der Waals surface area (Å²) in [4.78, 5) is 19.8. The van der Waals surface area contributed by atoms with E-state index in [1.54, 1.807) is 37.5 Å². The number of nitrogens with one attached hydrogen (secondary N) is 2. The Morgan fingerprint density at radius 3 is 2.28 bits per heavy atom. The molecule has 29 heavy (non-hydrogen) atoms. The minimum absolute atomic E-state index is 0.265. The SMILES string of the molecule is CNc1cnc(Nc2ccc(C(N)=O)cc2)nc1-c1ccc(OC(F)(F)F)cc1. The molecule has 3 rings (SSSR count). The number of nitrogens with two attached hydrogens (primary N) is 1. The average Bonchev–Trinajstić information content (AvgIpc) is 2.68. The number of benzene rings is 2. The lowest BCUT2D eigenvalue weighted by atomic mass is 10.1. The van der Waals surface area contributed by atoms with Crippen LogP contribution >= 0.6 is 0 Å². The zero-order valence-electron chi connectivity index (χ0n) is 15.1. The first-order valence-corrected chi connectivity index (χ1v) is 8.33. The third-order valence-electron chi connectivity index (χ3n) is 3.84. The highest BCUT2D eigenvalue weighted by Gasteiger charge is 2.31. The summed E-state index contributed by atoms with van der Waals surface area (Å²) in [5.41, 5.74) is 7.85. The Labute approximate surface area is 163 Å². The highest BCUT2D eigenvalue weighted by atomic mass is 19.4. The van der Waals surface area contributed by atoms with Gasteiger partial charge in [0.25, 0.3) is 0 Å². The molecule has 0 unspecified atom stereocenters. The van der Waals surface area contributed by atoms with Crippen molar-refractivity contribution < 1.29 is 22.7 Å². The number of hydrogen-bond donors (Lipinski definition) is 3. The van der Waals surface area contributed by atoms with Crippen LogP contribution in [0.15, 0.2) is 54.7 Å². The van der Waals surface area contributed by atoms with Gasteiger partial charge in [-0.15, -0.1) is 13.2 Å². The van der Waals surface area contributed by atoms with E-state index in [9.17, 15) is 18.0 Å². The van der Waals surface area contributed by atoms with Crippen molar-refractivity contribution in [3.8, 4) is 17.0 Å². The molecule has 2 aromatic carbocycles. The van der Waals surface area contributed by atoms with Crippen molar-refractivity contribution in [3.05, 3.63) is 60.3 Å². The number of carbonyl (C=O) groups excluding carboxylic acids is 1.